The lowest BCUT2D eigenvalue weighted by Gasteiger charge is -2.09. The number of benzene rings is 1. The van der Waals surface area contributed by atoms with Crippen LogP contribution in [0.2, 0.25) is 5.02 Å². The summed E-state index contributed by atoms with van der Waals surface area (Å²) in [7, 11) is 0. The minimum Gasteiger partial charge on any atom is -0.350 e. The minimum absolute atomic E-state index is 0.0236. The number of carbonyl (C=O) groups excluding carboxylic acids is 1. The van der Waals surface area contributed by atoms with Gasteiger partial charge in [0.05, 0.1) is 12.2 Å². The molecule has 1 aliphatic rings. The summed E-state index contributed by atoms with van der Waals surface area (Å²) < 4.78 is 1.94. The first kappa shape index (κ1) is 17.7. The Kier molecular flexibility index (Phi) is 5.59. The van der Waals surface area contributed by atoms with Crippen LogP contribution in [0.5, 0.6) is 0 Å². The van der Waals surface area contributed by atoms with Gasteiger partial charge in [-0.2, -0.15) is 5.10 Å². The molecular formula is C20H24ClN3O. The number of nitrogens with one attached hydrogen (secondary N) is 1. The third kappa shape index (κ3) is 4.31. The second kappa shape index (κ2) is 7.87. The molecule has 0 radical (unpaired) electrons. The number of nitrogens with zero attached hydrogens (tertiary/aromatic N) is 2. The van der Waals surface area contributed by atoms with Crippen LogP contribution in [0.4, 0.5) is 0 Å². The average Bonchev–Trinajstić information content (AvgIpc) is 3.17. The van der Waals surface area contributed by atoms with Gasteiger partial charge in [0.15, 0.2) is 0 Å². The molecule has 0 atom stereocenters. The lowest BCUT2D eigenvalue weighted by Crippen LogP contribution is -2.30. The number of aryl methyl sites for hydroxylation is 1. The van der Waals surface area contributed by atoms with Crippen LogP contribution < -0.4 is 5.32 Å². The van der Waals surface area contributed by atoms with E-state index in [1.54, 1.807) is 6.08 Å². The molecule has 0 unspecified atom stereocenters. The molecule has 1 aromatic carbocycles. The van der Waals surface area contributed by atoms with Gasteiger partial charge in [0.25, 0.3) is 0 Å². The molecule has 1 heterocycles. The number of halogens is 1. The number of rotatable bonds is 5. The summed E-state index contributed by atoms with van der Waals surface area (Å²) >= 11 is 6.25. The first-order chi connectivity index (χ1) is 12.0. The van der Waals surface area contributed by atoms with Crippen LogP contribution in [0.25, 0.3) is 6.08 Å². The highest BCUT2D eigenvalue weighted by molar-refractivity contribution is 6.31. The highest BCUT2D eigenvalue weighted by atomic mass is 35.5. The van der Waals surface area contributed by atoms with Crippen molar-refractivity contribution >= 4 is 23.6 Å². The molecule has 1 aliphatic carbocycles. The average molecular weight is 358 g/mol. The van der Waals surface area contributed by atoms with Gasteiger partial charge in [-0.1, -0.05) is 42.6 Å². The van der Waals surface area contributed by atoms with E-state index in [-0.39, 0.29) is 5.91 Å². The van der Waals surface area contributed by atoms with Crippen molar-refractivity contribution in [3.63, 3.8) is 0 Å². The molecule has 1 amide bonds. The standard InChI is InChI=1S/C20H24ClN3O/c1-14-18(11-12-20(25)22-17-8-4-5-9-17)15(2)24(23-14)13-16-7-3-6-10-19(16)21/h3,6-7,10-12,17H,4-5,8-9,13H2,1-2H3,(H,22,25)/b12-11+. The zero-order valence-corrected chi connectivity index (χ0v) is 15.5. The quantitative estimate of drug-likeness (QED) is 0.812. The van der Waals surface area contributed by atoms with E-state index in [1.165, 1.54) is 12.8 Å². The first-order valence-corrected chi connectivity index (χ1v) is 9.18. The molecule has 0 bridgehead atoms. The van der Waals surface area contributed by atoms with Crippen molar-refractivity contribution in [2.45, 2.75) is 52.1 Å². The Morgan fingerprint density at radius 2 is 2.04 bits per heavy atom. The fourth-order valence-electron chi connectivity index (χ4n) is 3.37. The molecule has 1 aromatic heterocycles. The molecule has 0 aliphatic heterocycles. The van der Waals surface area contributed by atoms with Gasteiger partial charge in [-0.15, -0.1) is 0 Å². The highest BCUT2D eigenvalue weighted by Crippen LogP contribution is 2.21. The fraction of sp³-hybridized carbons (Fsp3) is 0.400. The second-order valence-corrected chi connectivity index (χ2v) is 7.06. The Morgan fingerprint density at radius 1 is 1.32 bits per heavy atom. The van der Waals surface area contributed by atoms with Crippen molar-refractivity contribution in [2.75, 3.05) is 0 Å². The predicted octanol–water partition coefficient (Wildman–Crippen LogP) is 4.27. The molecular weight excluding hydrogens is 334 g/mol. The van der Waals surface area contributed by atoms with Gasteiger partial charge < -0.3 is 5.32 Å². The topological polar surface area (TPSA) is 46.9 Å². The van der Waals surface area contributed by atoms with E-state index in [0.29, 0.717) is 12.6 Å². The Balaban J connectivity index is 1.72. The van der Waals surface area contributed by atoms with Crippen LogP contribution in [0, 0.1) is 13.8 Å². The van der Waals surface area contributed by atoms with E-state index in [4.69, 9.17) is 11.6 Å². The van der Waals surface area contributed by atoms with Crippen LogP contribution in [-0.2, 0) is 11.3 Å². The Bertz CT molecular complexity index is 788. The molecule has 4 nitrogen and oxygen atoms in total. The maximum atomic E-state index is 12.1. The van der Waals surface area contributed by atoms with Gasteiger partial charge in [-0.05, 0) is 44.4 Å². The number of aromatic nitrogens is 2. The van der Waals surface area contributed by atoms with Crippen molar-refractivity contribution in [3.8, 4) is 0 Å². The van der Waals surface area contributed by atoms with Gasteiger partial charge >= 0.3 is 0 Å². The molecule has 1 N–H and O–H groups in total. The Labute approximate surface area is 153 Å². The summed E-state index contributed by atoms with van der Waals surface area (Å²) in [4.78, 5) is 12.1. The third-order valence-corrected chi connectivity index (χ3v) is 5.19. The summed E-state index contributed by atoms with van der Waals surface area (Å²) in [5.41, 5.74) is 3.97. The lowest BCUT2D eigenvalue weighted by atomic mass is 10.1. The maximum absolute atomic E-state index is 12.1. The predicted molar refractivity (Wildman–Crippen MR) is 102 cm³/mol. The van der Waals surface area contributed by atoms with Gasteiger partial charge in [0, 0.05) is 28.4 Å². The van der Waals surface area contributed by atoms with Gasteiger partial charge in [-0.3, -0.25) is 9.48 Å². The van der Waals surface area contributed by atoms with E-state index in [9.17, 15) is 4.79 Å². The van der Waals surface area contributed by atoms with E-state index < -0.39 is 0 Å². The number of amides is 1. The van der Waals surface area contributed by atoms with Crippen molar-refractivity contribution < 1.29 is 4.79 Å². The van der Waals surface area contributed by atoms with Crippen LogP contribution in [0.3, 0.4) is 0 Å². The van der Waals surface area contributed by atoms with E-state index >= 15 is 0 Å². The number of hydrogen-bond acceptors (Lipinski definition) is 2. The van der Waals surface area contributed by atoms with Gasteiger partial charge in [0.1, 0.15) is 0 Å². The van der Waals surface area contributed by atoms with Crippen molar-refractivity contribution in [2.24, 2.45) is 0 Å². The smallest absolute Gasteiger partial charge is 0.244 e. The minimum atomic E-state index is -0.0236. The van der Waals surface area contributed by atoms with E-state index in [1.807, 2.05) is 48.9 Å². The summed E-state index contributed by atoms with van der Waals surface area (Å²) in [6, 6.07) is 8.12. The zero-order chi connectivity index (χ0) is 17.8. The van der Waals surface area contributed by atoms with E-state index in [0.717, 1.165) is 40.4 Å². The zero-order valence-electron chi connectivity index (χ0n) is 14.8. The maximum Gasteiger partial charge on any atom is 0.244 e. The summed E-state index contributed by atoms with van der Waals surface area (Å²) in [6.07, 6.45) is 8.09. The molecule has 25 heavy (non-hydrogen) atoms. The van der Waals surface area contributed by atoms with Crippen LogP contribution in [0.15, 0.2) is 30.3 Å². The van der Waals surface area contributed by atoms with Crippen molar-refractivity contribution in [3.05, 3.63) is 57.9 Å². The molecule has 1 fully saturated rings. The summed E-state index contributed by atoms with van der Waals surface area (Å²) in [6.45, 7) is 4.60. The van der Waals surface area contributed by atoms with Gasteiger partial charge in [0.2, 0.25) is 5.91 Å². The molecule has 0 saturated heterocycles. The number of carbonyl (C=O) groups is 1. The summed E-state index contributed by atoms with van der Waals surface area (Å²) in [5, 5.41) is 8.41. The van der Waals surface area contributed by atoms with Crippen LogP contribution >= 0.6 is 11.6 Å². The second-order valence-electron chi connectivity index (χ2n) is 6.66. The summed E-state index contributed by atoms with van der Waals surface area (Å²) in [5.74, 6) is -0.0236. The van der Waals surface area contributed by atoms with Crippen molar-refractivity contribution in [1.29, 1.82) is 0 Å². The lowest BCUT2D eigenvalue weighted by molar-refractivity contribution is -0.117. The highest BCUT2D eigenvalue weighted by Gasteiger charge is 2.16. The van der Waals surface area contributed by atoms with Gasteiger partial charge in [-0.25, -0.2) is 0 Å². The van der Waals surface area contributed by atoms with Crippen molar-refractivity contribution in [1.82, 2.24) is 15.1 Å². The fourth-order valence-corrected chi connectivity index (χ4v) is 3.57. The normalized spacial score (nSPS) is 15.2. The third-order valence-electron chi connectivity index (χ3n) is 4.82. The first-order valence-electron chi connectivity index (χ1n) is 8.80. The van der Waals surface area contributed by atoms with Crippen LogP contribution in [-0.4, -0.2) is 21.7 Å². The molecule has 0 spiro atoms. The largest absolute Gasteiger partial charge is 0.350 e. The molecule has 1 saturated carbocycles. The molecule has 5 heteroatoms. The molecule has 2 aromatic rings. The Morgan fingerprint density at radius 3 is 2.76 bits per heavy atom. The van der Waals surface area contributed by atoms with E-state index in [2.05, 4.69) is 10.4 Å². The van der Waals surface area contributed by atoms with Crippen LogP contribution in [0.1, 0.15) is 48.2 Å². The Hall–Kier alpha value is -2.07. The number of hydrogen-bond donors (Lipinski definition) is 1. The SMILES string of the molecule is Cc1nn(Cc2ccccc2Cl)c(C)c1/C=C/C(=O)NC1CCCC1. The molecule has 3 rings (SSSR count). The molecule has 132 valence electrons. The monoisotopic (exact) mass is 357 g/mol.